The Morgan fingerprint density at radius 3 is 2.83 bits per heavy atom. The molecule has 0 radical (unpaired) electrons. The second-order valence-corrected chi connectivity index (χ2v) is 4.07. The molecule has 1 unspecified atom stereocenters. The van der Waals surface area contributed by atoms with E-state index in [0.717, 1.165) is 11.4 Å². The third-order valence-electron chi connectivity index (χ3n) is 2.67. The van der Waals surface area contributed by atoms with E-state index in [9.17, 15) is 0 Å². The molecule has 0 aliphatic carbocycles. The summed E-state index contributed by atoms with van der Waals surface area (Å²) in [4.78, 5) is 0. The van der Waals surface area contributed by atoms with Crippen molar-refractivity contribution in [2.75, 3.05) is 13.2 Å². The molecule has 7 heteroatoms. The predicted octanol–water partition coefficient (Wildman–Crippen LogP) is 0.453. The largest absolute Gasteiger partial charge is 0.486 e. The van der Waals surface area contributed by atoms with Crippen LogP contribution in [0.4, 0.5) is 0 Å². The summed E-state index contributed by atoms with van der Waals surface area (Å²) in [5, 5.41) is 11.5. The number of nitrogens with two attached hydrogens (primary N) is 1. The maximum Gasteiger partial charge on any atom is 0.173 e. The number of aromatic nitrogens is 4. The van der Waals surface area contributed by atoms with Gasteiger partial charge in [-0.1, -0.05) is 0 Å². The highest BCUT2D eigenvalue weighted by molar-refractivity contribution is 5.49. The van der Waals surface area contributed by atoms with Gasteiger partial charge < -0.3 is 15.2 Å². The van der Waals surface area contributed by atoms with Crippen LogP contribution in [0.1, 0.15) is 18.8 Å². The average Bonchev–Trinajstić information content (AvgIpc) is 2.87. The second kappa shape index (κ2) is 4.26. The monoisotopic (exact) mass is 247 g/mol. The van der Waals surface area contributed by atoms with Gasteiger partial charge in [0.2, 0.25) is 0 Å². The Balaban J connectivity index is 2.04. The molecule has 18 heavy (non-hydrogen) atoms. The zero-order valence-electron chi connectivity index (χ0n) is 9.91. The van der Waals surface area contributed by atoms with Crippen molar-refractivity contribution in [3.05, 3.63) is 24.0 Å². The number of ether oxygens (including phenoxy) is 2. The fraction of sp³-hybridized carbons (Fsp3) is 0.364. The summed E-state index contributed by atoms with van der Waals surface area (Å²) in [7, 11) is 0. The normalized spacial score (nSPS) is 15.4. The van der Waals surface area contributed by atoms with Gasteiger partial charge in [-0.05, 0) is 29.5 Å². The highest BCUT2D eigenvalue weighted by atomic mass is 16.6. The van der Waals surface area contributed by atoms with E-state index in [1.807, 2.05) is 25.1 Å². The minimum absolute atomic E-state index is 0.242. The van der Waals surface area contributed by atoms with Crippen LogP contribution in [0.5, 0.6) is 11.5 Å². The minimum Gasteiger partial charge on any atom is -0.486 e. The SMILES string of the molecule is CC(N)c1nnnn1-c1ccc2c(c1)OCCO2. The zero-order chi connectivity index (χ0) is 12.5. The number of benzene rings is 1. The van der Waals surface area contributed by atoms with Crippen molar-refractivity contribution in [2.45, 2.75) is 13.0 Å². The standard InChI is InChI=1S/C11H13N5O2/c1-7(12)11-13-14-15-16(11)8-2-3-9-10(6-8)18-5-4-17-9/h2-3,6-7H,4-5,12H2,1H3. The van der Waals surface area contributed by atoms with E-state index in [0.29, 0.717) is 24.8 Å². The first-order chi connectivity index (χ1) is 8.75. The van der Waals surface area contributed by atoms with E-state index in [2.05, 4.69) is 15.5 Å². The van der Waals surface area contributed by atoms with Crippen molar-refractivity contribution in [1.82, 2.24) is 20.2 Å². The van der Waals surface area contributed by atoms with Gasteiger partial charge in [0.1, 0.15) is 13.2 Å². The molecule has 2 aromatic rings. The van der Waals surface area contributed by atoms with Crippen molar-refractivity contribution in [1.29, 1.82) is 0 Å². The third kappa shape index (κ3) is 1.78. The van der Waals surface area contributed by atoms with Crippen LogP contribution in [0.15, 0.2) is 18.2 Å². The van der Waals surface area contributed by atoms with Crippen LogP contribution in [0.2, 0.25) is 0 Å². The van der Waals surface area contributed by atoms with E-state index in [1.165, 1.54) is 0 Å². The molecule has 94 valence electrons. The van der Waals surface area contributed by atoms with Crippen molar-refractivity contribution < 1.29 is 9.47 Å². The molecule has 0 bridgehead atoms. The van der Waals surface area contributed by atoms with Gasteiger partial charge in [-0.3, -0.25) is 0 Å². The van der Waals surface area contributed by atoms with Gasteiger partial charge in [0, 0.05) is 6.07 Å². The molecule has 0 saturated carbocycles. The smallest absolute Gasteiger partial charge is 0.173 e. The van der Waals surface area contributed by atoms with Crippen molar-refractivity contribution >= 4 is 0 Å². The van der Waals surface area contributed by atoms with Crippen LogP contribution in [0.25, 0.3) is 5.69 Å². The Morgan fingerprint density at radius 1 is 1.28 bits per heavy atom. The summed E-state index contributed by atoms with van der Waals surface area (Å²) >= 11 is 0. The highest BCUT2D eigenvalue weighted by Gasteiger charge is 2.16. The Kier molecular flexibility index (Phi) is 2.60. The Hall–Kier alpha value is -2.15. The summed E-state index contributed by atoms with van der Waals surface area (Å²) in [6.07, 6.45) is 0. The van der Waals surface area contributed by atoms with Crippen LogP contribution in [-0.2, 0) is 0 Å². The second-order valence-electron chi connectivity index (χ2n) is 4.07. The Morgan fingerprint density at radius 2 is 2.06 bits per heavy atom. The van der Waals surface area contributed by atoms with Gasteiger partial charge in [-0.2, -0.15) is 4.68 Å². The van der Waals surface area contributed by atoms with E-state index >= 15 is 0 Å². The first kappa shape index (κ1) is 11.0. The molecule has 1 aliphatic rings. The molecule has 1 aliphatic heterocycles. The van der Waals surface area contributed by atoms with Gasteiger partial charge in [0.05, 0.1) is 11.7 Å². The first-order valence-corrected chi connectivity index (χ1v) is 5.69. The van der Waals surface area contributed by atoms with Crippen molar-refractivity contribution in [3.63, 3.8) is 0 Å². The Bertz CT molecular complexity index is 566. The molecule has 2 N–H and O–H groups in total. The molecular weight excluding hydrogens is 234 g/mol. The number of tetrazole rings is 1. The highest BCUT2D eigenvalue weighted by Crippen LogP contribution is 2.32. The molecule has 0 saturated heterocycles. The zero-order valence-corrected chi connectivity index (χ0v) is 9.91. The first-order valence-electron chi connectivity index (χ1n) is 5.69. The number of fused-ring (bicyclic) bond motifs is 1. The molecule has 0 amide bonds. The maximum absolute atomic E-state index is 5.81. The van der Waals surface area contributed by atoms with E-state index < -0.39 is 0 Å². The average molecular weight is 247 g/mol. The summed E-state index contributed by atoms with van der Waals surface area (Å²) in [5.41, 5.74) is 6.62. The summed E-state index contributed by atoms with van der Waals surface area (Å²) in [6.45, 7) is 2.95. The lowest BCUT2D eigenvalue weighted by Gasteiger charge is -2.19. The fourth-order valence-electron chi connectivity index (χ4n) is 1.83. The summed E-state index contributed by atoms with van der Waals surface area (Å²) in [5.74, 6) is 2.04. The molecule has 1 atom stereocenters. The minimum atomic E-state index is -0.242. The quantitative estimate of drug-likeness (QED) is 0.829. The lowest BCUT2D eigenvalue weighted by molar-refractivity contribution is 0.171. The molecule has 1 aromatic carbocycles. The van der Waals surface area contributed by atoms with Crippen LogP contribution in [-0.4, -0.2) is 33.4 Å². The van der Waals surface area contributed by atoms with Crippen LogP contribution >= 0.6 is 0 Å². The van der Waals surface area contributed by atoms with E-state index in [-0.39, 0.29) is 6.04 Å². The third-order valence-corrected chi connectivity index (χ3v) is 2.67. The van der Waals surface area contributed by atoms with Crippen LogP contribution < -0.4 is 15.2 Å². The number of rotatable bonds is 2. The van der Waals surface area contributed by atoms with Gasteiger partial charge in [0.25, 0.3) is 0 Å². The van der Waals surface area contributed by atoms with Gasteiger partial charge >= 0.3 is 0 Å². The lowest BCUT2D eigenvalue weighted by atomic mass is 10.2. The topological polar surface area (TPSA) is 88.1 Å². The molecule has 0 fully saturated rings. The molecule has 3 rings (SSSR count). The van der Waals surface area contributed by atoms with Gasteiger partial charge in [0.15, 0.2) is 17.3 Å². The fourth-order valence-corrected chi connectivity index (χ4v) is 1.83. The van der Waals surface area contributed by atoms with Crippen molar-refractivity contribution in [3.8, 4) is 17.2 Å². The summed E-state index contributed by atoms with van der Waals surface area (Å²) < 4.78 is 12.6. The van der Waals surface area contributed by atoms with E-state index in [4.69, 9.17) is 15.2 Å². The molecule has 1 aromatic heterocycles. The van der Waals surface area contributed by atoms with Crippen LogP contribution in [0, 0.1) is 0 Å². The van der Waals surface area contributed by atoms with Gasteiger partial charge in [-0.25, -0.2) is 0 Å². The maximum atomic E-state index is 5.81. The molecule has 0 spiro atoms. The Labute approximate surface area is 103 Å². The number of hydrogen-bond donors (Lipinski definition) is 1. The summed E-state index contributed by atoms with van der Waals surface area (Å²) in [6, 6.07) is 5.32. The van der Waals surface area contributed by atoms with Crippen molar-refractivity contribution in [2.24, 2.45) is 5.73 Å². The number of hydrogen-bond acceptors (Lipinski definition) is 6. The molecule has 7 nitrogen and oxygen atoms in total. The van der Waals surface area contributed by atoms with E-state index in [1.54, 1.807) is 4.68 Å². The lowest BCUT2D eigenvalue weighted by Crippen LogP contribution is -2.16. The molecule has 2 heterocycles. The van der Waals surface area contributed by atoms with Gasteiger partial charge in [-0.15, -0.1) is 5.10 Å². The number of nitrogens with zero attached hydrogens (tertiary/aromatic N) is 4. The molecular formula is C11H13N5O2. The predicted molar refractivity (Wildman–Crippen MR) is 62.7 cm³/mol. The van der Waals surface area contributed by atoms with Crippen LogP contribution in [0.3, 0.4) is 0 Å².